The van der Waals surface area contributed by atoms with Gasteiger partial charge in [-0.2, -0.15) is 0 Å². The number of hydrogen-bond donors (Lipinski definition) is 2. The molecule has 0 atom stereocenters. The normalized spacial score (nSPS) is 10.7. The Morgan fingerprint density at radius 1 is 0.882 bits per heavy atom. The fourth-order valence-corrected chi connectivity index (χ4v) is 4.06. The van der Waals surface area contributed by atoms with Crippen molar-refractivity contribution in [2.75, 3.05) is 17.7 Å². The molecule has 0 saturated carbocycles. The molecule has 0 unspecified atom stereocenters. The quantitative estimate of drug-likeness (QED) is 0.341. The predicted molar refractivity (Wildman–Crippen MR) is 130 cm³/mol. The van der Waals surface area contributed by atoms with Crippen LogP contribution >= 0.6 is 11.3 Å². The van der Waals surface area contributed by atoms with Gasteiger partial charge in [0.25, 0.3) is 11.8 Å². The molecule has 0 spiro atoms. The molecule has 9 heteroatoms. The number of hydrogen-bond acceptors (Lipinski definition) is 7. The van der Waals surface area contributed by atoms with E-state index in [4.69, 9.17) is 9.15 Å². The Balaban J connectivity index is 1.27. The summed E-state index contributed by atoms with van der Waals surface area (Å²) in [4.78, 5) is 25.4. The van der Waals surface area contributed by atoms with Crippen LogP contribution in [0.2, 0.25) is 0 Å². The number of ether oxygens (including phenoxy) is 1. The summed E-state index contributed by atoms with van der Waals surface area (Å²) in [6.07, 6.45) is 0. The van der Waals surface area contributed by atoms with Gasteiger partial charge in [-0.1, -0.05) is 35.6 Å². The molecule has 0 aliphatic rings. The van der Waals surface area contributed by atoms with Crippen LogP contribution < -0.4 is 15.4 Å². The summed E-state index contributed by atoms with van der Waals surface area (Å²) in [6.45, 7) is 0. The molecule has 5 aromatic rings. The Bertz CT molecular complexity index is 1460. The number of carbonyl (C=O) groups is 2. The molecule has 2 amide bonds. The van der Waals surface area contributed by atoms with E-state index < -0.39 is 5.91 Å². The minimum Gasteiger partial charge on any atom is -0.497 e. The van der Waals surface area contributed by atoms with Crippen LogP contribution in [-0.2, 0) is 0 Å². The van der Waals surface area contributed by atoms with Gasteiger partial charge in [0.15, 0.2) is 5.76 Å². The molecule has 8 nitrogen and oxygen atoms in total. The summed E-state index contributed by atoms with van der Waals surface area (Å²) in [7, 11) is 1.60. The summed E-state index contributed by atoms with van der Waals surface area (Å²) in [5.41, 5.74) is 2.33. The van der Waals surface area contributed by atoms with Gasteiger partial charge in [-0.3, -0.25) is 14.9 Å². The number of furan rings is 1. The third-order valence-corrected chi connectivity index (χ3v) is 5.90. The van der Waals surface area contributed by atoms with Gasteiger partial charge >= 0.3 is 0 Å². The molecular formula is C25H18N4O4S. The van der Waals surface area contributed by atoms with Crippen molar-refractivity contribution in [2.24, 2.45) is 0 Å². The lowest BCUT2D eigenvalue weighted by atomic mass is 10.2. The maximum Gasteiger partial charge on any atom is 0.291 e. The van der Waals surface area contributed by atoms with E-state index in [1.165, 1.54) is 11.3 Å². The van der Waals surface area contributed by atoms with E-state index in [-0.39, 0.29) is 11.7 Å². The first-order valence-electron chi connectivity index (χ1n) is 10.3. The van der Waals surface area contributed by atoms with Crippen molar-refractivity contribution < 1.29 is 18.7 Å². The van der Waals surface area contributed by atoms with Gasteiger partial charge in [-0.15, -0.1) is 10.2 Å². The van der Waals surface area contributed by atoms with Gasteiger partial charge in [0.1, 0.15) is 16.3 Å². The Morgan fingerprint density at radius 2 is 1.71 bits per heavy atom. The van der Waals surface area contributed by atoms with E-state index in [9.17, 15) is 9.59 Å². The molecule has 0 bridgehead atoms. The molecule has 2 aromatic heterocycles. The van der Waals surface area contributed by atoms with Crippen molar-refractivity contribution in [3.05, 3.63) is 90.2 Å². The summed E-state index contributed by atoms with van der Waals surface area (Å²) in [5.74, 6) is 0.171. The van der Waals surface area contributed by atoms with E-state index >= 15 is 0 Å². The number of methoxy groups -OCH3 is 1. The van der Waals surface area contributed by atoms with Crippen LogP contribution in [0.25, 0.3) is 21.5 Å². The second-order valence-corrected chi connectivity index (χ2v) is 8.26. The Labute approximate surface area is 198 Å². The minimum atomic E-state index is -0.401. The molecule has 5 rings (SSSR count). The van der Waals surface area contributed by atoms with Crippen molar-refractivity contribution in [3.63, 3.8) is 0 Å². The zero-order valence-electron chi connectivity index (χ0n) is 17.9. The molecule has 3 aromatic carbocycles. The van der Waals surface area contributed by atoms with Crippen molar-refractivity contribution in [3.8, 4) is 16.3 Å². The first kappa shape index (κ1) is 21.4. The van der Waals surface area contributed by atoms with E-state index in [0.29, 0.717) is 27.0 Å². The van der Waals surface area contributed by atoms with Crippen LogP contribution in [0.1, 0.15) is 20.9 Å². The first-order valence-corrected chi connectivity index (χ1v) is 11.1. The average molecular weight is 471 g/mol. The first-order chi connectivity index (χ1) is 16.6. The highest BCUT2D eigenvalue weighted by molar-refractivity contribution is 7.18. The highest BCUT2D eigenvalue weighted by atomic mass is 32.1. The monoisotopic (exact) mass is 470 g/mol. The third-order valence-electron chi connectivity index (χ3n) is 5.01. The van der Waals surface area contributed by atoms with Gasteiger partial charge in [-0.05, 0) is 54.6 Å². The van der Waals surface area contributed by atoms with Crippen molar-refractivity contribution in [1.29, 1.82) is 0 Å². The van der Waals surface area contributed by atoms with Crippen LogP contribution in [0.15, 0.2) is 83.3 Å². The second kappa shape index (κ2) is 9.16. The number of fused-ring (bicyclic) bond motifs is 1. The number of rotatable bonds is 6. The number of anilines is 2. The lowest BCUT2D eigenvalue weighted by Crippen LogP contribution is -2.14. The third kappa shape index (κ3) is 4.50. The zero-order valence-corrected chi connectivity index (χ0v) is 18.8. The number of amides is 2. The van der Waals surface area contributed by atoms with E-state index in [1.807, 2.05) is 42.5 Å². The van der Waals surface area contributed by atoms with E-state index in [0.717, 1.165) is 16.7 Å². The zero-order chi connectivity index (χ0) is 23.5. The summed E-state index contributed by atoms with van der Waals surface area (Å²) < 4.78 is 10.8. The summed E-state index contributed by atoms with van der Waals surface area (Å²) in [5, 5.41) is 15.6. The second-order valence-electron chi connectivity index (χ2n) is 7.28. The van der Waals surface area contributed by atoms with Gasteiger partial charge in [0.05, 0.1) is 7.11 Å². The van der Waals surface area contributed by atoms with Gasteiger partial charge in [0, 0.05) is 22.2 Å². The number of para-hydroxylation sites is 1. The molecule has 2 heterocycles. The van der Waals surface area contributed by atoms with Crippen LogP contribution in [0.5, 0.6) is 5.75 Å². The number of nitrogens with one attached hydrogen (secondary N) is 2. The lowest BCUT2D eigenvalue weighted by molar-refractivity contribution is 0.0995. The smallest absolute Gasteiger partial charge is 0.291 e. The number of nitrogens with zero attached hydrogens (tertiary/aromatic N) is 2. The average Bonchev–Trinajstić information content (AvgIpc) is 3.51. The Hall–Kier alpha value is -4.50. The molecule has 0 aliphatic heterocycles. The van der Waals surface area contributed by atoms with Crippen LogP contribution in [0, 0.1) is 0 Å². The maximum absolute atomic E-state index is 12.7. The van der Waals surface area contributed by atoms with Gasteiger partial charge in [-0.25, -0.2) is 0 Å². The molecule has 0 radical (unpaired) electrons. The van der Waals surface area contributed by atoms with Crippen molar-refractivity contribution in [1.82, 2.24) is 10.2 Å². The Morgan fingerprint density at radius 3 is 2.50 bits per heavy atom. The van der Waals surface area contributed by atoms with Crippen molar-refractivity contribution >= 4 is 44.9 Å². The van der Waals surface area contributed by atoms with E-state index in [2.05, 4.69) is 20.8 Å². The molecule has 34 heavy (non-hydrogen) atoms. The van der Waals surface area contributed by atoms with Crippen LogP contribution in [0.3, 0.4) is 0 Å². The largest absolute Gasteiger partial charge is 0.497 e. The SMILES string of the molecule is COc1ccc(-c2nnc(NC(=O)c3cccc(NC(=O)c4cc5ccccc5o4)c3)s2)cc1. The summed E-state index contributed by atoms with van der Waals surface area (Å²) in [6, 6.07) is 23.1. The maximum atomic E-state index is 12.7. The fraction of sp³-hybridized carbons (Fsp3) is 0.0400. The molecular weight excluding hydrogens is 452 g/mol. The molecule has 0 fully saturated rings. The molecule has 0 aliphatic carbocycles. The van der Waals surface area contributed by atoms with Gasteiger partial charge < -0.3 is 14.5 Å². The molecule has 2 N–H and O–H groups in total. The highest BCUT2D eigenvalue weighted by Crippen LogP contribution is 2.28. The fourth-order valence-electron chi connectivity index (χ4n) is 3.32. The minimum absolute atomic E-state index is 0.191. The number of benzene rings is 3. The van der Waals surface area contributed by atoms with Crippen LogP contribution in [0.4, 0.5) is 10.8 Å². The Kier molecular flexibility index (Phi) is 5.75. The lowest BCUT2D eigenvalue weighted by Gasteiger charge is -2.06. The van der Waals surface area contributed by atoms with Crippen LogP contribution in [-0.4, -0.2) is 29.1 Å². The topological polar surface area (TPSA) is 106 Å². The number of aromatic nitrogens is 2. The van der Waals surface area contributed by atoms with E-state index in [1.54, 1.807) is 43.5 Å². The predicted octanol–water partition coefficient (Wildman–Crippen LogP) is 5.46. The molecule has 0 saturated heterocycles. The van der Waals surface area contributed by atoms with Gasteiger partial charge in [0.2, 0.25) is 5.13 Å². The summed E-state index contributed by atoms with van der Waals surface area (Å²) >= 11 is 1.26. The highest BCUT2D eigenvalue weighted by Gasteiger charge is 2.15. The standard InChI is InChI=1S/C25H18N4O4S/c1-32-19-11-9-15(10-12-19)24-28-29-25(34-24)27-22(30)17-6-4-7-18(13-17)26-23(31)21-14-16-5-2-3-8-20(16)33-21/h2-14H,1H3,(H,26,31)(H,27,29,30). The molecule has 168 valence electrons. The number of carbonyl (C=O) groups excluding carboxylic acids is 2. The van der Waals surface area contributed by atoms with Crippen molar-refractivity contribution in [2.45, 2.75) is 0 Å².